The van der Waals surface area contributed by atoms with Crippen LogP contribution in [-0.4, -0.2) is 53.6 Å². The molecule has 39 heavy (non-hydrogen) atoms. The number of ether oxygens (including phenoxy) is 1. The van der Waals surface area contributed by atoms with E-state index in [0.29, 0.717) is 0 Å². The summed E-state index contributed by atoms with van der Waals surface area (Å²) in [6, 6.07) is 23.0. The minimum atomic E-state index is -0.450. The van der Waals surface area contributed by atoms with Crippen molar-refractivity contribution >= 4 is 28.4 Å². The number of piperazine rings is 1. The molecule has 1 amide bonds. The summed E-state index contributed by atoms with van der Waals surface area (Å²) >= 11 is 6.39. The molecule has 2 heterocycles. The Morgan fingerprint density at radius 1 is 0.949 bits per heavy atom. The highest BCUT2D eigenvalue weighted by molar-refractivity contribution is 6.31. The van der Waals surface area contributed by atoms with Gasteiger partial charge in [0, 0.05) is 78.9 Å². The second-order valence-electron chi connectivity index (χ2n) is 11.1. The lowest BCUT2D eigenvalue weighted by molar-refractivity contribution is -0.119. The van der Waals surface area contributed by atoms with Crippen LogP contribution in [0.25, 0.3) is 22.0 Å². The van der Waals surface area contributed by atoms with Crippen LogP contribution in [0.3, 0.4) is 0 Å². The summed E-state index contributed by atoms with van der Waals surface area (Å²) in [5, 5.41) is 2.01. The predicted octanol–water partition coefficient (Wildman–Crippen LogP) is 5.90. The molecular weight excluding hydrogens is 508 g/mol. The standard InChI is InChI=1S/C32H37ClN4O2/c1-32(2,19-31(34)38)37-22-28(24-9-11-26(39-3)12-10-24)27-18-23(8-13-30(27)37)20-35-14-16-36(17-15-35)21-25-6-4-5-7-29(25)33/h4-13,18,22H,14-17,19-21H2,1-3H3,(H2,34,38). The van der Waals surface area contributed by atoms with Crippen molar-refractivity contribution in [1.29, 1.82) is 0 Å². The lowest BCUT2D eigenvalue weighted by Gasteiger charge is -2.35. The SMILES string of the molecule is COc1ccc(-c2cn(C(C)(C)CC(N)=O)c3ccc(CN4CCN(Cc5ccccc5Cl)CC4)cc23)cc1. The first kappa shape index (κ1) is 27.3. The van der Waals surface area contributed by atoms with Crippen molar-refractivity contribution in [3.8, 4) is 16.9 Å². The van der Waals surface area contributed by atoms with Gasteiger partial charge in [0.05, 0.1) is 7.11 Å². The van der Waals surface area contributed by atoms with E-state index in [1.54, 1.807) is 7.11 Å². The molecule has 0 unspecified atom stereocenters. The highest BCUT2D eigenvalue weighted by atomic mass is 35.5. The summed E-state index contributed by atoms with van der Waals surface area (Å²) in [6.07, 6.45) is 2.42. The van der Waals surface area contributed by atoms with Gasteiger partial charge in [-0.1, -0.05) is 48.0 Å². The van der Waals surface area contributed by atoms with Crippen LogP contribution in [0.5, 0.6) is 5.75 Å². The quantitative estimate of drug-likeness (QED) is 0.285. The second-order valence-corrected chi connectivity index (χ2v) is 11.5. The van der Waals surface area contributed by atoms with Crippen molar-refractivity contribution < 1.29 is 9.53 Å². The number of amides is 1. The first-order valence-corrected chi connectivity index (χ1v) is 13.9. The molecule has 0 spiro atoms. The number of hydrogen-bond donors (Lipinski definition) is 1. The van der Waals surface area contributed by atoms with Gasteiger partial charge in [0.2, 0.25) is 5.91 Å². The molecule has 0 radical (unpaired) electrons. The molecule has 3 aromatic carbocycles. The molecule has 0 saturated carbocycles. The summed E-state index contributed by atoms with van der Waals surface area (Å²) < 4.78 is 7.57. The maximum atomic E-state index is 11.9. The van der Waals surface area contributed by atoms with Gasteiger partial charge in [-0.2, -0.15) is 0 Å². The minimum Gasteiger partial charge on any atom is -0.497 e. The molecule has 204 valence electrons. The van der Waals surface area contributed by atoms with Crippen molar-refractivity contribution in [2.24, 2.45) is 5.73 Å². The maximum absolute atomic E-state index is 11.9. The Hall–Kier alpha value is -3.32. The zero-order chi connectivity index (χ0) is 27.6. The number of halogens is 1. The molecule has 0 atom stereocenters. The zero-order valence-corrected chi connectivity index (χ0v) is 23.7. The number of carbonyl (C=O) groups excluding carboxylic acids is 1. The number of hydrogen-bond acceptors (Lipinski definition) is 4. The van der Waals surface area contributed by atoms with E-state index in [1.165, 1.54) is 16.5 Å². The Morgan fingerprint density at radius 3 is 2.26 bits per heavy atom. The number of nitrogens with two attached hydrogens (primary N) is 1. The van der Waals surface area contributed by atoms with Gasteiger partial charge in [-0.15, -0.1) is 0 Å². The van der Waals surface area contributed by atoms with Crippen molar-refractivity contribution in [3.05, 3.63) is 89.1 Å². The average molecular weight is 545 g/mol. The normalized spacial score (nSPS) is 15.1. The number of benzene rings is 3. The van der Waals surface area contributed by atoms with E-state index in [4.69, 9.17) is 22.1 Å². The summed E-state index contributed by atoms with van der Waals surface area (Å²) in [5.74, 6) is 0.518. The van der Waals surface area contributed by atoms with Gasteiger partial charge in [-0.3, -0.25) is 14.6 Å². The van der Waals surface area contributed by atoms with Gasteiger partial charge >= 0.3 is 0 Å². The van der Waals surface area contributed by atoms with E-state index in [-0.39, 0.29) is 12.3 Å². The molecule has 7 heteroatoms. The fraction of sp³-hybridized carbons (Fsp3) is 0.344. The lowest BCUT2D eigenvalue weighted by atomic mass is 9.99. The van der Waals surface area contributed by atoms with Gasteiger partial charge in [-0.25, -0.2) is 0 Å². The van der Waals surface area contributed by atoms with Crippen LogP contribution in [-0.2, 0) is 23.4 Å². The molecule has 1 aromatic heterocycles. The first-order chi connectivity index (χ1) is 18.7. The molecule has 4 aromatic rings. The monoisotopic (exact) mass is 544 g/mol. The van der Waals surface area contributed by atoms with Gasteiger partial charge in [0.15, 0.2) is 0 Å². The third kappa shape index (κ3) is 6.14. The summed E-state index contributed by atoms with van der Waals surface area (Å²) in [5.41, 5.74) is 11.0. The molecule has 1 saturated heterocycles. The van der Waals surface area contributed by atoms with Crippen molar-refractivity contribution in [1.82, 2.24) is 14.4 Å². The number of fused-ring (bicyclic) bond motifs is 1. The highest BCUT2D eigenvalue weighted by Crippen LogP contribution is 2.36. The Kier molecular flexibility index (Phi) is 7.98. The van der Waals surface area contributed by atoms with Crippen LogP contribution in [0, 0.1) is 0 Å². The first-order valence-electron chi connectivity index (χ1n) is 13.5. The Morgan fingerprint density at radius 2 is 1.62 bits per heavy atom. The molecule has 1 fully saturated rings. The van der Waals surface area contributed by atoms with Crippen LogP contribution in [0.15, 0.2) is 72.9 Å². The van der Waals surface area contributed by atoms with Crippen molar-refractivity contribution in [3.63, 3.8) is 0 Å². The van der Waals surface area contributed by atoms with Crippen LogP contribution in [0.1, 0.15) is 31.4 Å². The van der Waals surface area contributed by atoms with Crippen LogP contribution >= 0.6 is 11.6 Å². The fourth-order valence-corrected chi connectivity index (χ4v) is 5.82. The largest absolute Gasteiger partial charge is 0.497 e. The molecule has 5 rings (SSSR count). The van der Waals surface area contributed by atoms with Gasteiger partial charge < -0.3 is 15.0 Å². The molecule has 1 aliphatic heterocycles. The molecular formula is C32H37ClN4O2. The van der Waals surface area contributed by atoms with Gasteiger partial charge in [0.1, 0.15) is 5.75 Å². The Bertz CT molecular complexity index is 1450. The number of carbonyl (C=O) groups is 1. The Balaban J connectivity index is 1.38. The van der Waals surface area contributed by atoms with Gasteiger partial charge in [-0.05, 0) is 60.9 Å². The predicted molar refractivity (Wildman–Crippen MR) is 159 cm³/mol. The van der Waals surface area contributed by atoms with Gasteiger partial charge in [0.25, 0.3) is 0 Å². The van der Waals surface area contributed by atoms with Crippen molar-refractivity contribution in [2.75, 3.05) is 33.3 Å². The minimum absolute atomic E-state index is 0.263. The van der Waals surface area contributed by atoms with E-state index in [9.17, 15) is 4.79 Å². The van der Waals surface area contributed by atoms with E-state index in [2.05, 4.69) is 76.9 Å². The summed E-state index contributed by atoms with van der Waals surface area (Å²) in [7, 11) is 1.68. The zero-order valence-electron chi connectivity index (χ0n) is 23.0. The van der Waals surface area contributed by atoms with Crippen LogP contribution in [0.4, 0.5) is 0 Å². The lowest BCUT2D eigenvalue weighted by Crippen LogP contribution is -2.45. The average Bonchev–Trinajstić information content (AvgIpc) is 3.30. The number of nitrogens with zero attached hydrogens (tertiary/aromatic N) is 3. The summed E-state index contributed by atoms with van der Waals surface area (Å²) in [4.78, 5) is 16.9. The maximum Gasteiger partial charge on any atom is 0.219 e. The Labute approximate surface area is 235 Å². The number of methoxy groups -OCH3 is 1. The molecule has 1 aliphatic rings. The van der Waals surface area contributed by atoms with E-state index >= 15 is 0 Å². The second kappa shape index (κ2) is 11.4. The molecule has 2 N–H and O–H groups in total. The highest BCUT2D eigenvalue weighted by Gasteiger charge is 2.26. The third-order valence-electron chi connectivity index (χ3n) is 7.75. The fourth-order valence-electron chi connectivity index (χ4n) is 5.62. The molecule has 0 bridgehead atoms. The topological polar surface area (TPSA) is 63.7 Å². The van der Waals surface area contributed by atoms with E-state index < -0.39 is 5.54 Å². The smallest absolute Gasteiger partial charge is 0.219 e. The molecule has 6 nitrogen and oxygen atoms in total. The number of aromatic nitrogens is 1. The number of primary amides is 1. The summed E-state index contributed by atoms with van der Waals surface area (Å²) in [6.45, 7) is 9.97. The van der Waals surface area contributed by atoms with E-state index in [0.717, 1.165) is 66.7 Å². The number of rotatable bonds is 9. The van der Waals surface area contributed by atoms with Crippen molar-refractivity contribution in [2.45, 2.75) is 38.9 Å². The van der Waals surface area contributed by atoms with Crippen LogP contribution in [0.2, 0.25) is 5.02 Å². The van der Waals surface area contributed by atoms with E-state index in [1.807, 2.05) is 24.3 Å². The third-order valence-corrected chi connectivity index (χ3v) is 8.12. The molecule has 0 aliphatic carbocycles. The van der Waals surface area contributed by atoms with Crippen LogP contribution < -0.4 is 10.5 Å².